The molecule has 0 spiro atoms. The average Bonchev–Trinajstić information content (AvgIpc) is 3.25. The number of hydrogen-bond donors (Lipinski definition) is 2. The number of nitrogens with one attached hydrogen (secondary N) is 2. The van der Waals surface area contributed by atoms with E-state index in [-0.39, 0.29) is 30.1 Å². The zero-order chi connectivity index (χ0) is 22.4. The van der Waals surface area contributed by atoms with E-state index >= 15 is 0 Å². The van der Waals surface area contributed by atoms with Crippen LogP contribution in [-0.2, 0) is 16.2 Å². The number of ether oxygens (including phenoxy) is 1. The van der Waals surface area contributed by atoms with Gasteiger partial charge >= 0.3 is 5.91 Å². The Labute approximate surface area is 181 Å². The highest BCUT2D eigenvalue weighted by molar-refractivity contribution is 5.93. The fourth-order valence-electron chi connectivity index (χ4n) is 3.35. The quantitative estimate of drug-likeness (QED) is 0.715. The Morgan fingerprint density at radius 1 is 1.03 bits per heavy atom. The summed E-state index contributed by atoms with van der Waals surface area (Å²) >= 11 is 0. The molecule has 3 rings (SSSR count). The Bertz CT molecular complexity index is 909. The van der Waals surface area contributed by atoms with Crippen LogP contribution in [0.5, 0.6) is 5.75 Å². The second-order valence-electron chi connectivity index (χ2n) is 8.63. The van der Waals surface area contributed by atoms with Gasteiger partial charge in [0.2, 0.25) is 11.8 Å². The largest absolute Gasteiger partial charge is 0.486 e. The molecule has 31 heavy (non-hydrogen) atoms. The molecule has 8 nitrogen and oxygen atoms in total. The minimum Gasteiger partial charge on any atom is -0.486 e. The molecule has 1 saturated heterocycles. The summed E-state index contributed by atoms with van der Waals surface area (Å²) in [7, 11) is 0. The number of rotatable bonds is 5. The molecular weight excluding hydrogens is 398 g/mol. The van der Waals surface area contributed by atoms with Gasteiger partial charge < -0.3 is 14.1 Å². The van der Waals surface area contributed by atoms with Gasteiger partial charge in [-0.05, 0) is 37.1 Å². The zero-order valence-corrected chi connectivity index (χ0v) is 18.1. The SMILES string of the molecule is CC(C)(C)C(=O)N1CCC(C(=O)NNC(=O)c2ccc(COc3ccccc3)o2)CC1. The molecule has 2 heterocycles. The first kappa shape index (κ1) is 22.4. The van der Waals surface area contributed by atoms with Crippen molar-refractivity contribution in [3.63, 3.8) is 0 Å². The van der Waals surface area contributed by atoms with E-state index in [0.717, 1.165) is 0 Å². The first-order chi connectivity index (χ1) is 14.7. The minimum absolute atomic E-state index is 0.0811. The van der Waals surface area contributed by atoms with Crippen molar-refractivity contribution < 1.29 is 23.5 Å². The maximum absolute atomic E-state index is 12.4. The maximum atomic E-state index is 12.4. The fraction of sp³-hybridized carbons (Fsp3) is 0.435. The Morgan fingerprint density at radius 2 is 1.71 bits per heavy atom. The number of carbonyl (C=O) groups excluding carboxylic acids is 3. The van der Waals surface area contributed by atoms with Crippen molar-refractivity contribution in [2.75, 3.05) is 13.1 Å². The molecule has 8 heteroatoms. The number of para-hydroxylation sites is 1. The van der Waals surface area contributed by atoms with E-state index in [9.17, 15) is 14.4 Å². The topological polar surface area (TPSA) is 101 Å². The van der Waals surface area contributed by atoms with Crippen molar-refractivity contribution in [2.45, 2.75) is 40.2 Å². The van der Waals surface area contributed by atoms with E-state index in [4.69, 9.17) is 9.15 Å². The van der Waals surface area contributed by atoms with Gasteiger partial charge in [0, 0.05) is 24.4 Å². The normalized spacial score (nSPS) is 14.7. The molecule has 1 aliphatic heterocycles. The van der Waals surface area contributed by atoms with Crippen LogP contribution in [0, 0.1) is 11.3 Å². The fourth-order valence-corrected chi connectivity index (χ4v) is 3.35. The second-order valence-corrected chi connectivity index (χ2v) is 8.63. The molecule has 166 valence electrons. The van der Waals surface area contributed by atoms with Gasteiger partial charge in [0.15, 0.2) is 5.76 Å². The van der Waals surface area contributed by atoms with Crippen LogP contribution in [-0.4, -0.2) is 35.7 Å². The first-order valence-corrected chi connectivity index (χ1v) is 10.4. The Hall–Kier alpha value is -3.29. The Kier molecular flexibility index (Phi) is 6.99. The van der Waals surface area contributed by atoms with Crippen LogP contribution in [0.25, 0.3) is 0 Å². The lowest BCUT2D eigenvalue weighted by molar-refractivity contribution is -0.142. The van der Waals surface area contributed by atoms with Gasteiger partial charge in [-0.25, -0.2) is 0 Å². The van der Waals surface area contributed by atoms with Crippen molar-refractivity contribution >= 4 is 17.7 Å². The predicted octanol–water partition coefficient (Wildman–Crippen LogP) is 2.90. The van der Waals surface area contributed by atoms with Crippen LogP contribution in [0.15, 0.2) is 46.9 Å². The van der Waals surface area contributed by atoms with Crippen LogP contribution in [0.1, 0.15) is 49.9 Å². The second kappa shape index (κ2) is 9.68. The number of benzene rings is 1. The van der Waals surface area contributed by atoms with Gasteiger partial charge in [-0.2, -0.15) is 0 Å². The van der Waals surface area contributed by atoms with Crippen LogP contribution in [0.4, 0.5) is 0 Å². The molecule has 1 aliphatic rings. The standard InChI is InChI=1S/C23H29N3O5/c1-23(2,3)22(29)26-13-11-16(12-14-26)20(27)24-25-21(28)19-10-9-18(31-19)15-30-17-7-5-4-6-8-17/h4-10,16H,11-15H2,1-3H3,(H,24,27)(H,25,28). The highest BCUT2D eigenvalue weighted by Gasteiger charge is 2.32. The van der Waals surface area contributed by atoms with Gasteiger partial charge in [0.05, 0.1) is 0 Å². The predicted molar refractivity (Wildman–Crippen MR) is 114 cm³/mol. The van der Waals surface area contributed by atoms with Crippen molar-refractivity contribution in [3.8, 4) is 5.75 Å². The van der Waals surface area contributed by atoms with Crippen LogP contribution in [0.3, 0.4) is 0 Å². The van der Waals surface area contributed by atoms with Crippen molar-refractivity contribution in [3.05, 3.63) is 54.0 Å². The number of nitrogens with zero attached hydrogens (tertiary/aromatic N) is 1. The van der Waals surface area contributed by atoms with Gasteiger partial charge in [0.1, 0.15) is 18.1 Å². The monoisotopic (exact) mass is 427 g/mol. The van der Waals surface area contributed by atoms with Crippen molar-refractivity contribution in [1.82, 2.24) is 15.8 Å². The van der Waals surface area contributed by atoms with E-state index in [0.29, 0.717) is 37.4 Å². The molecular formula is C23H29N3O5. The minimum atomic E-state index is -0.542. The van der Waals surface area contributed by atoms with Gasteiger partial charge in [-0.3, -0.25) is 25.2 Å². The van der Waals surface area contributed by atoms with Gasteiger partial charge in [-0.15, -0.1) is 0 Å². The lowest BCUT2D eigenvalue weighted by Gasteiger charge is -2.35. The van der Waals surface area contributed by atoms with Crippen LogP contribution >= 0.6 is 0 Å². The van der Waals surface area contributed by atoms with Crippen LogP contribution < -0.4 is 15.6 Å². The smallest absolute Gasteiger partial charge is 0.305 e. The number of hydrazine groups is 1. The molecule has 2 aromatic rings. The molecule has 0 unspecified atom stereocenters. The number of hydrogen-bond acceptors (Lipinski definition) is 5. The zero-order valence-electron chi connectivity index (χ0n) is 18.1. The molecule has 3 amide bonds. The summed E-state index contributed by atoms with van der Waals surface area (Å²) in [5.74, 6) is 0.302. The summed E-state index contributed by atoms with van der Waals surface area (Å²) in [6, 6.07) is 12.5. The summed E-state index contributed by atoms with van der Waals surface area (Å²) in [6.07, 6.45) is 1.12. The third-order valence-corrected chi connectivity index (χ3v) is 5.10. The third-order valence-electron chi connectivity index (χ3n) is 5.10. The lowest BCUT2D eigenvalue weighted by Crippen LogP contribution is -2.49. The van der Waals surface area contributed by atoms with Crippen molar-refractivity contribution in [2.24, 2.45) is 11.3 Å². The summed E-state index contributed by atoms with van der Waals surface area (Å²) < 4.78 is 11.1. The van der Waals surface area contributed by atoms with E-state index in [2.05, 4.69) is 10.9 Å². The number of piperidine rings is 1. The maximum Gasteiger partial charge on any atom is 0.305 e. The highest BCUT2D eigenvalue weighted by atomic mass is 16.5. The highest BCUT2D eigenvalue weighted by Crippen LogP contribution is 2.23. The Morgan fingerprint density at radius 3 is 2.35 bits per heavy atom. The molecule has 0 saturated carbocycles. The lowest BCUT2D eigenvalue weighted by atomic mass is 9.91. The molecule has 0 aliphatic carbocycles. The first-order valence-electron chi connectivity index (χ1n) is 10.4. The van der Waals surface area contributed by atoms with E-state index in [1.54, 1.807) is 11.0 Å². The average molecular weight is 428 g/mol. The molecule has 1 aromatic heterocycles. The molecule has 0 radical (unpaired) electrons. The number of furan rings is 1. The van der Waals surface area contributed by atoms with E-state index in [1.165, 1.54) is 6.07 Å². The molecule has 0 atom stereocenters. The van der Waals surface area contributed by atoms with Crippen LogP contribution in [0.2, 0.25) is 0 Å². The summed E-state index contributed by atoms with van der Waals surface area (Å²) in [5, 5.41) is 0. The molecule has 1 aromatic carbocycles. The van der Waals surface area contributed by atoms with Crippen molar-refractivity contribution in [1.29, 1.82) is 0 Å². The summed E-state index contributed by atoms with van der Waals surface area (Å²) in [4.78, 5) is 38.8. The van der Waals surface area contributed by atoms with Gasteiger partial charge in [0.25, 0.3) is 0 Å². The number of likely N-dealkylation sites (tertiary alicyclic amines) is 1. The molecule has 0 bridgehead atoms. The summed E-state index contributed by atoms with van der Waals surface area (Å²) in [6.45, 7) is 6.91. The number of amides is 3. The van der Waals surface area contributed by atoms with Gasteiger partial charge in [-0.1, -0.05) is 39.0 Å². The van der Waals surface area contributed by atoms with E-state index in [1.807, 2.05) is 51.1 Å². The number of carbonyl (C=O) groups is 3. The summed E-state index contributed by atoms with van der Waals surface area (Å²) in [5.41, 5.74) is 4.41. The molecule has 2 N–H and O–H groups in total. The Balaban J connectivity index is 1.42. The third kappa shape index (κ3) is 6.10. The van der Waals surface area contributed by atoms with E-state index < -0.39 is 11.3 Å². The molecule has 1 fully saturated rings.